The van der Waals surface area contributed by atoms with E-state index < -0.39 is 0 Å². The number of rotatable bonds is 3. The molecule has 14 heavy (non-hydrogen) atoms. The highest BCUT2D eigenvalue weighted by atomic mass is 79.9. The second-order valence-electron chi connectivity index (χ2n) is 3.08. The van der Waals surface area contributed by atoms with E-state index in [0.717, 1.165) is 10.2 Å². The Balaban J connectivity index is 2.06. The molecule has 0 saturated heterocycles. The second-order valence-corrected chi connectivity index (χ2v) is 6.36. The van der Waals surface area contributed by atoms with Crippen LogP contribution < -0.4 is 5.73 Å². The Bertz CT molecular complexity index is 394. The lowest BCUT2D eigenvalue weighted by Gasteiger charge is -2.07. The summed E-state index contributed by atoms with van der Waals surface area (Å²) in [5.74, 6) is 0. The van der Waals surface area contributed by atoms with Gasteiger partial charge in [-0.25, -0.2) is 0 Å². The van der Waals surface area contributed by atoms with Crippen LogP contribution in [-0.4, -0.2) is 0 Å². The molecule has 0 fully saturated rings. The van der Waals surface area contributed by atoms with Crippen molar-refractivity contribution in [2.24, 2.45) is 5.73 Å². The number of thiophene rings is 2. The van der Waals surface area contributed by atoms with Crippen molar-refractivity contribution >= 4 is 38.6 Å². The average Bonchev–Trinajstić information content (AvgIpc) is 2.75. The molecular formula is C10H10BrNS2. The summed E-state index contributed by atoms with van der Waals surface area (Å²) in [5.41, 5.74) is 7.42. The first-order valence-electron chi connectivity index (χ1n) is 4.27. The van der Waals surface area contributed by atoms with Crippen molar-refractivity contribution < 1.29 is 0 Å². The molecule has 0 spiro atoms. The monoisotopic (exact) mass is 287 g/mol. The van der Waals surface area contributed by atoms with Crippen molar-refractivity contribution in [2.45, 2.75) is 12.5 Å². The van der Waals surface area contributed by atoms with Gasteiger partial charge in [-0.2, -0.15) is 11.3 Å². The lowest BCUT2D eigenvalue weighted by Crippen LogP contribution is -2.11. The lowest BCUT2D eigenvalue weighted by atomic mass is 10.1. The Morgan fingerprint density at radius 2 is 2.21 bits per heavy atom. The first kappa shape index (κ1) is 10.4. The van der Waals surface area contributed by atoms with Crippen LogP contribution in [0.5, 0.6) is 0 Å². The average molecular weight is 288 g/mol. The number of halogens is 1. The van der Waals surface area contributed by atoms with E-state index in [4.69, 9.17) is 5.73 Å². The zero-order chi connectivity index (χ0) is 9.97. The van der Waals surface area contributed by atoms with E-state index in [1.54, 1.807) is 22.7 Å². The summed E-state index contributed by atoms with van der Waals surface area (Å²) in [6.07, 6.45) is 0.927. The zero-order valence-corrected chi connectivity index (χ0v) is 10.7. The van der Waals surface area contributed by atoms with Gasteiger partial charge in [0, 0.05) is 10.9 Å². The summed E-state index contributed by atoms with van der Waals surface area (Å²) in [6, 6.07) is 6.40. The third-order valence-corrected chi connectivity index (χ3v) is 4.48. The molecule has 0 radical (unpaired) electrons. The van der Waals surface area contributed by atoms with Crippen LogP contribution in [-0.2, 0) is 6.42 Å². The predicted octanol–water partition coefficient (Wildman–Crippen LogP) is 3.81. The molecule has 0 amide bonds. The molecule has 0 aliphatic carbocycles. The fourth-order valence-electron chi connectivity index (χ4n) is 1.29. The molecule has 2 aromatic rings. The quantitative estimate of drug-likeness (QED) is 0.913. The summed E-state index contributed by atoms with van der Waals surface area (Å²) in [7, 11) is 0. The lowest BCUT2D eigenvalue weighted by molar-refractivity contribution is 0.738. The van der Waals surface area contributed by atoms with E-state index in [-0.39, 0.29) is 6.04 Å². The molecule has 0 aromatic carbocycles. The molecule has 74 valence electrons. The summed E-state index contributed by atoms with van der Waals surface area (Å²) in [6.45, 7) is 0. The van der Waals surface area contributed by atoms with Gasteiger partial charge in [0.05, 0.1) is 3.79 Å². The van der Waals surface area contributed by atoms with Crippen molar-refractivity contribution in [2.75, 3.05) is 0 Å². The fraction of sp³-hybridized carbons (Fsp3) is 0.200. The number of hydrogen-bond donors (Lipinski definition) is 1. The first-order chi connectivity index (χ1) is 6.75. The first-order valence-corrected chi connectivity index (χ1v) is 6.83. The van der Waals surface area contributed by atoms with Gasteiger partial charge in [0.2, 0.25) is 0 Å². The molecule has 0 bridgehead atoms. The molecular weight excluding hydrogens is 278 g/mol. The highest BCUT2D eigenvalue weighted by molar-refractivity contribution is 9.11. The molecule has 0 aliphatic rings. The van der Waals surface area contributed by atoms with Crippen LogP contribution in [0.4, 0.5) is 0 Å². The van der Waals surface area contributed by atoms with Crippen molar-refractivity contribution in [1.82, 2.24) is 0 Å². The zero-order valence-electron chi connectivity index (χ0n) is 7.44. The Morgan fingerprint density at radius 3 is 2.79 bits per heavy atom. The molecule has 4 heteroatoms. The molecule has 1 nitrogen and oxygen atoms in total. The molecule has 2 aromatic heterocycles. The Hall–Kier alpha value is -0.160. The summed E-state index contributed by atoms with van der Waals surface area (Å²) >= 11 is 6.88. The maximum absolute atomic E-state index is 6.09. The summed E-state index contributed by atoms with van der Waals surface area (Å²) in [4.78, 5) is 1.24. The van der Waals surface area contributed by atoms with Crippen LogP contribution in [0, 0.1) is 0 Å². The van der Waals surface area contributed by atoms with E-state index in [2.05, 4.69) is 38.8 Å². The van der Waals surface area contributed by atoms with Crippen molar-refractivity contribution in [3.8, 4) is 0 Å². The maximum Gasteiger partial charge on any atom is 0.0701 e. The Kier molecular flexibility index (Phi) is 3.38. The van der Waals surface area contributed by atoms with Gasteiger partial charge in [0.1, 0.15) is 0 Å². The Morgan fingerprint density at radius 1 is 1.36 bits per heavy atom. The van der Waals surface area contributed by atoms with Crippen LogP contribution in [0.15, 0.2) is 32.7 Å². The third kappa shape index (κ3) is 2.45. The van der Waals surface area contributed by atoms with Crippen molar-refractivity contribution in [3.63, 3.8) is 0 Å². The third-order valence-electron chi connectivity index (χ3n) is 2.00. The minimum absolute atomic E-state index is 0.126. The van der Waals surface area contributed by atoms with Gasteiger partial charge in [-0.3, -0.25) is 0 Å². The van der Waals surface area contributed by atoms with E-state index in [1.165, 1.54) is 10.4 Å². The number of nitrogens with two attached hydrogens (primary N) is 1. The minimum atomic E-state index is 0.126. The predicted molar refractivity (Wildman–Crippen MR) is 67.0 cm³/mol. The van der Waals surface area contributed by atoms with Crippen LogP contribution in [0.3, 0.4) is 0 Å². The van der Waals surface area contributed by atoms with Crippen LogP contribution in [0.25, 0.3) is 0 Å². The smallest absolute Gasteiger partial charge is 0.0701 e. The normalized spacial score (nSPS) is 13.0. The molecule has 2 N–H and O–H groups in total. The topological polar surface area (TPSA) is 26.0 Å². The van der Waals surface area contributed by atoms with Gasteiger partial charge in [-0.1, -0.05) is 0 Å². The van der Waals surface area contributed by atoms with Gasteiger partial charge in [-0.15, -0.1) is 11.3 Å². The summed E-state index contributed by atoms with van der Waals surface area (Å²) < 4.78 is 1.15. The number of hydrogen-bond acceptors (Lipinski definition) is 3. The van der Waals surface area contributed by atoms with Gasteiger partial charge < -0.3 is 5.73 Å². The fourth-order valence-corrected chi connectivity index (χ4v) is 3.40. The van der Waals surface area contributed by atoms with Crippen molar-refractivity contribution in [3.05, 3.63) is 43.2 Å². The molecule has 0 saturated carbocycles. The minimum Gasteiger partial charge on any atom is -0.323 e. The molecule has 2 heterocycles. The maximum atomic E-state index is 6.09. The molecule has 2 rings (SSSR count). The van der Waals surface area contributed by atoms with E-state index in [1.807, 2.05) is 6.07 Å². The molecule has 1 unspecified atom stereocenters. The van der Waals surface area contributed by atoms with E-state index in [0.29, 0.717) is 0 Å². The van der Waals surface area contributed by atoms with E-state index in [9.17, 15) is 0 Å². The van der Waals surface area contributed by atoms with Crippen molar-refractivity contribution in [1.29, 1.82) is 0 Å². The van der Waals surface area contributed by atoms with Gasteiger partial charge in [0.15, 0.2) is 0 Å². The standard InChI is InChI=1S/C10H10BrNS2/c11-10-2-1-9(14-10)8(12)5-7-3-4-13-6-7/h1-4,6,8H,5,12H2. The van der Waals surface area contributed by atoms with E-state index >= 15 is 0 Å². The summed E-state index contributed by atoms with van der Waals surface area (Å²) in [5, 5.41) is 4.24. The highest BCUT2D eigenvalue weighted by Crippen LogP contribution is 2.28. The van der Waals surface area contributed by atoms with Gasteiger partial charge in [0.25, 0.3) is 0 Å². The Labute approximate surface area is 99.7 Å². The SMILES string of the molecule is NC(Cc1ccsc1)c1ccc(Br)s1. The molecule has 1 atom stereocenters. The molecule has 0 aliphatic heterocycles. The van der Waals surface area contributed by atoms with Crippen LogP contribution >= 0.6 is 38.6 Å². The van der Waals surface area contributed by atoms with Gasteiger partial charge in [-0.05, 0) is 56.9 Å². The second kappa shape index (κ2) is 4.57. The van der Waals surface area contributed by atoms with Crippen LogP contribution in [0.2, 0.25) is 0 Å². The van der Waals surface area contributed by atoms with Gasteiger partial charge >= 0.3 is 0 Å². The largest absolute Gasteiger partial charge is 0.323 e. The highest BCUT2D eigenvalue weighted by Gasteiger charge is 2.09. The van der Waals surface area contributed by atoms with Crippen LogP contribution in [0.1, 0.15) is 16.5 Å².